The first-order chi connectivity index (χ1) is 7.24. The minimum atomic E-state index is 0.397. The summed E-state index contributed by atoms with van der Waals surface area (Å²) >= 11 is 0. The van der Waals surface area contributed by atoms with E-state index in [1.54, 1.807) is 0 Å². The molecule has 0 saturated heterocycles. The number of fused-ring (bicyclic) bond motifs is 1. The Bertz CT molecular complexity index is 512. The van der Waals surface area contributed by atoms with E-state index >= 15 is 0 Å². The summed E-state index contributed by atoms with van der Waals surface area (Å²) in [4.78, 5) is 0. The first kappa shape index (κ1) is 9.78. The van der Waals surface area contributed by atoms with Crippen molar-refractivity contribution in [3.05, 3.63) is 54.1 Å². The summed E-state index contributed by atoms with van der Waals surface area (Å²) in [5.41, 5.74) is 1.89. The Labute approximate surface area is 89.7 Å². The van der Waals surface area contributed by atoms with E-state index in [4.69, 9.17) is 0 Å². The van der Waals surface area contributed by atoms with Crippen molar-refractivity contribution < 1.29 is 5.11 Å². The summed E-state index contributed by atoms with van der Waals surface area (Å²) in [6.45, 7) is 5.65. The van der Waals surface area contributed by atoms with Crippen molar-refractivity contribution in [2.24, 2.45) is 0 Å². The molecule has 1 N–H and O–H groups in total. The predicted octanol–water partition coefficient (Wildman–Crippen LogP) is 3.58. The fraction of sp³-hybridized carbons (Fsp3) is 0.143. The molecule has 0 aliphatic rings. The molecule has 0 unspecified atom stereocenters. The minimum Gasteiger partial charge on any atom is -0.507 e. The molecule has 0 fully saturated rings. The van der Waals surface area contributed by atoms with Crippen LogP contribution in [0.25, 0.3) is 10.8 Å². The zero-order valence-corrected chi connectivity index (χ0v) is 8.83. The Kier molecular flexibility index (Phi) is 2.46. The Hall–Kier alpha value is -1.76. The lowest BCUT2D eigenvalue weighted by atomic mass is 9.98. The third kappa shape index (κ3) is 1.61. The number of rotatable bonds is 2. The standard InChI is InChI=1S/C14H14O/c1-3-6-13-12-8-5-4-7-11(12)9-10(2)14(13)15/h3-5,7-9,15H,1,6H2,2H3. The molecule has 1 heteroatoms. The summed E-state index contributed by atoms with van der Waals surface area (Å²) in [6.07, 6.45) is 2.52. The number of phenolic OH excluding ortho intramolecular Hbond substituents is 1. The number of aromatic hydroxyl groups is 1. The van der Waals surface area contributed by atoms with E-state index in [-0.39, 0.29) is 0 Å². The third-order valence-corrected chi connectivity index (χ3v) is 2.67. The lowest BCUT2D eigenvalue weighted by Gasteiger charge is -2.09. The lowest BCUT2D eigenvalue weighted by Crippen LogP contribution is -1.88. The molecule has 0 aliphatic carbocycles. The highest BCUT2D eigenvalue weighted by Crippen LogP contribution is 2.31. The molecule has 0 radical (unpaired) electrons. The first-order valence-electron chi connectivity index (χ1n) is 5.05. The number of allylic oxidation sites excluding steroid dienone is 1. The average molecular weight is 198 g/mol. The predicted molar refractivity (Wildman–Crippen MR) is 64.3 cm³/mol. The number of benzene rings is 2. The number of phenols is 1. The number of aryl methyl sites for hydroxylation is 1. The molecule has 1 nitrogen and oxygen atoms in total. The largest absolute Gasteiger partial charge is 0.507 e. The van der Waals surface area contributed by atoms with Crippen LogP contribution >= 0.6 is 0 Å². The SMILES string of the molecule is C=CCc1c(O)c(C)cc2ccccc12. The lowest BCUT2D eigenvalue weighted by molar-refractivity contribution is 0.466. The molecule has 0 atom stereocenters. The average Bonchev–Trinajstić information content (AvgIpc) is 2.25. The third-order valence-electron chi connectivity index (χ3n) is 2.67. The van der Waals surface area contributed by atoms with Gasteiger partial charge in [-0.2, -0.15) is 0 Å². The number of hydrogen-bond acceptors (Lipinski definition) is 1. The van der Waals surface area contributed by atoms with E-state index in [2.05, 4.69) is 12.6 Å². The van der Waals surface area contributed by atoms with Gasteiger partial charge in [0.05, 0.1) is 0 Å². The van der Waals surface area contributed by atoms with Crippen LogP contribution < -0.4 is 0 Å². The van der Waals surface area contributed by atoms with E-state index in [0.717, 1.165) is 16.5 Å². The smallest absolute Gasteiger partial charge is 0.122 e. The second kappa shape index (κ2) is 3.77. The monoisotopic (exact) mass is 198 g/mol. The molecule has 0 saturated carbocycles. The zero-order valence-electron chi connectivity index (χ0n) is 8.83. The van der Waals surface area contributed by atoms with Gasteiger partial charge >= 0.3 is 0 Å². The molecule has 0 heterocycles. The van der Waals surface area contributed by atoms with Crippen LogP contribution in [0.5, 0.6) is 5.75 Å². The molecular weight excluding hydrogens is 184 g/mol. The maximum absolute atomic E-state index is 9.98. The molecule has 2 aromatic carbocycles. The van der Waals surface area contributed by atoms with Crippen molar-refractivity contribution in [1.29, 1.82) is 0 Å². The Morgan fingerprint density at radius 3 is 2.80 bits per heavy atom. The fourth-order valence-corrected chi connectivity index (χ4v) is 1.92. The van der Waals surface area contributed by atoms with Crippen LogP contribution in [0.4, 0.5) is 0 Å². The van der Waals surface area contributed by atoms with Gasteiger partial charge < -0.3 is 5.11 Å². The van der Waals surface area contributed by atoms with Gasteiger partial charge in [-0.3, -0.25) is 0 Å². The van der Waals surface area contributed by atoms with Crippen molar-refractivity contribution in [2.75, 3.05) is 0 Å². The second-order valence-electron chi connectivity index (χ2n) is 3.73. The van der Waals surface area contributed by atoms with Crippen molar-refractivity contribution in [2.45, 2.75) is 13.3 Å². The van der Waals surface area contributed by atoms with Gasteiger partial charge in [-0.15, -0.1) is 6.58 Å². The van der Waals surface area contributed by atoms with Gasteiger partial charge in [-0.25, -0.2) is 0 Å². The van der Waals surface area contributed by atoms with Crippen LogP contribution in [0.2, 0.25) is 0 Å². The summed E-state index contributed by atoms with van der Waals surface area (Å²) < 4.78 is 0. The van der Waals surface area contributed by atoms with E-state index in [9.17, 15) is 5.11 Å². The molecule has 0 aliphatic heterocycles. The van der Waals surface area contributed by atoms with E-state index < -0.39 is 0 Å². The van der Waals surface area contributed by atoms with Gasteiger partial charge in [-0.1, -0.05) is 30.3 Å². The van der Waals surface area contributed by atoms with Crippen LogP contribution in [0.15, 0.2) is 43.0 Å². The van der Waals surface area contributed by atoms with Crippen LogP contribution in [0, 0.1) is 6.92 Å². The molecule has 15 heavy (non-hydrogen) atoms. The van der Waals surface area contributed by atoms with Crippen LogP contribution in [-0.2, 0) is 6.42 Å². The van der Waals surface area contributed by atoms with Gasteiger partial charge in [0, 0.05) is 5.56 Å². The van der Waals surface area contributed by atoms with Gasteiger partial charge in [0.1, 0.15) is 5.75 Å². The Morgan fingerprint density at radius 2 is 2.07 bits per heavy atom. The van der Waals surface area contributed by atoms with Crippen molar-refractivity contribution in [1.82, 2.24) is 0 Å². The Morgan fingerprint density at radius 1 is 1.33 bits per heavy atom. The normalized spacial score (nSPS) is 10.5. The minimum absolute atomic E-state index is 0.397. The Balaban J connectivity index is 2.82. The molecule has 2 aromatic rings. The summed E-state index contributed by atoms with van der Waals surface area (Å²) in [6, 6.07) is 10.1. The molecular formula is C14H14O. The molecule has 0 spiro atoms. The fourth-order valence-electron chi connectivity index (χ4n) is 1.92. The van der Waals surface area contributed by atoms with Gasteiger partial charge in [0.15, 0.2) is 0 Å². The molecule has 2 rings (SSSR count). The van der Waals surface area contributed by atoms with E-state index in [0.29, 0.717) is 12.2 Å². The summed E-state index contributed by atoms with van der Waals surface area (Å²) in [5.74, 6) is 0.397. The van der Waals surface area contributed by atoms with Crippen molar-refractivity contribution >= 4 is 10.8 Å². The topological polar surface area (TPSA) is 20.2 Å². The zero-order chi connectivity index (χ0) is 10.8. The van der Waals surface area contributed by atoms with Gasteiger partial charge in [0.2, 0.25) is 0 Å². The molecule has 0 amide bonds. The first-order valence-corrected chi connectivity index (χ1v) is 5.05. The molecule has 0 aromatic heterocycles. The highest BCUT2D eigenvalue weighted by atomic mass is 16.3. The number of hydrogen-bond donors (Lipinski definition) is 1. The molecule has 76 valence electrons. The molecule has 0 bridgehead atoms. The quantitative estimate of drug-likeness (QED) is 0.731. The van der Waals surface area contributed by atoms with Crippen LogP contribution in [0.3, 0.4) is 0 Å². The van der Waals surface area contributed by atoms with Crippen LogP contribution in [0.1, 0.15) is 11.1 Å². The van der Waals surface area contributed by atoms with Gasteiger partial charge in [-0.05, 0) is 35.7 Å². The maximum atomic E-state index is 9.98. The highest BCUT2D eigenvalue weighted by Gasteiger charge is 2.07. The van der Waals surface area contributed by atoms with Gasteiger partial charge in [0.25, 0.3) is 0 Å². The summed E-state index contributed by atoms with van der Waals surface area (Å²) in [5, 5.41) is 12.3. The van der Waals surface area contributed by atoms with Crippen molar-refractivity contribution in [3.63, 3.8) is 0 Å². The maximum Gasteiger partial charge on any atom is 0.122 e. The highest BCUT2D eigenvalue weighted by molar-refractivity contribution is 5.88. The summed E-state index contributed by atoms with van der Waals surface area (Å²) in [7, 11) is 0. The van der Waals surface area contributed by atoms with Crippen LogP contribution in [-0.4, -0.2) is 5.11 Å². The van der Waals surface area contributed by atoms with E-state index in [1.807, 2.05) is 37.3 Å². The van der Waals surface area contributed by atoms with Crippen molar-refractivity contribution in [3.8, 4) is 5.75 Å². The second-order valence-corrected chi connectivity index (χ2v) is 3.73. The van der Waals surface area contributed by atoms with E-state index in [1.165, 1.54) is 5.39 Å².